The molecule has 1 aromatic heterocycles. The fourth-order valence-electron chi connectivity index (χ4n) is 3.14. The first-order chi connectivity index (χ1) is 9.28. The summed E-state index contributed by atoms with van der Waals surface area (Å²) in [5, 5.41) is 0. The molecule has 3 heterocycles. The zero-order chi connectivity index (χ0) is 13.2. The minimum atomic E-state index is 0.0956. The Labute approximate surface area is 113 Å². The zero-order valence-corrected chi connectivity index (χ0v) is 11.1. The van der Waals surface area contributed by atoms with Crippen molar-refractivity contribution in [1.82, 2.24) is 14.5 Å². The average molecular weight is 257 g/mol. The first-order valence-corrected chi connectivity index (χ1v) is 7.02. The lowest BCUT2D eigenvalue weighted by Crippen LogP contribution is -2.44. The fourth-order valence-corrected chi connectivity index (χ4v) is 3.14. The first-order valence-electron chi connectivity index (χ1n) is 7.02. The number of nitrogens with zero attached hydrogens (tertiary/aromatic N) is 3. The molecular formula is C15H19N3O. The van der Waals surface area contributed by atoms with Gasteiger partial charge in [0, 0.05) is 37.4 Å². The van der Waals surface area contributed by atoms with Crippen LogP contribution >= 0.6 is 0 Å². The third-order valence-electron chi connectivity index (χ3n) is 4.28. The molecule has 4 heteroatoms. The van der Waals surface area contributed by atoms with Gasteiger partial charge in [-0.25, -0.2) is 4.98 Å². The molecule has 4 nitrogen and oxygen atoms in total. The number of carbonyl (C=O) groups excluding carboxylic acids is 1. The summed E-state index contributed by atoms with van der Waals surface area (Å²) in [6.07, 6.45) is 13.2. The van der Waals surface area contributed by atoms with E-state index in [-0.39, 0.29) is 17.7 Å². The second-order valence-corrected chi connectivity index (χ2v) is 5.56. The van der Waals surface area contributed by atoms with Gasteiger partial charge in [0.15, 0.2) is 0 Å². The molecule has 100 valence electrons. The minimum Gasteiger partial charge on any atom is -0.341 e. The Morgan fingerprint density at radius 3 is 3.16 bits per heavy atom. The molecule has 1 aromatic rings. The number of rotatable bonds is 1. The van der Waals surface area contributed by atoms with Crippen molar-refractivity contribution in [3.63, 3.8) is 0 Å². The Kier molecular flexibility index (Phi) is 3.29. The Balaban J connectivity index is 1.67. The van der Waals surface area contributed by atoms with Gasteiger partial charge in [0.1, 0.15) is 0 Å². The van der Waals surface area contributed by atoms with Gasteiger partial charge in [-0.05, 0) is 25.7 Å². The monoisotopic (exact) mass is 257 g/mol. The highest BCUT2D eigenvalue weighted by Crippen LogP contribution is 2.24. The molecule has 2 aliphatic heterocycles. The number of aryl methyl sites for hydroxylation is 1. The predicted molar refractivity (Wildman–Crippen MR) is 72.2 cm³/mol. The normalized spacial score (nSPS) is 26.6. The van der Waals surface area contributed by atoms with Gasteiger partial charge >= 0.3 is 0 Å². The lowest BCUT2D eigenvalue weighted by atomic mass is 9.93. The van der Waals surface area contributed by atoms with Gasteiger partial charge in [-0.2, -0.15) is 0 Å². The molecule has 0 radical (unpaired) electrons. The Hall–Kier alpha value is -1.76. The second-order valence-electron chi connectivity index (χ2n) is 5.56. The van der Waals surface area contributed by atoms with Crippen molar-refractivity contribution in [1.29, 1.82) is 0 Å². The van der Waals surface area contributed by atoms with Gasteiger partial charge in [-0.15, -0.1) is 12.3 Å². The van der Waals surface area contributed by atoms with E-state index in [9.17, 15) is 4.79 Å². The summed E-state index contributed by atoms with van der Waals surface area (Å²) >= 11 is 0. The van der Waals surface area contributed by atoms with Crippen LogP contribution in [-0.4, -0.2) is 33.4 Å². The molecule has 2 unspecified atom stereocenters. The Bertz CT molecular complexity index is 514. The maximum Gasteiger partial charge on any atom is 0.227 e. The SMILES string of the molecule is C#CC1CCCN(C(=O)C2CCc3cncn3C2)C1. The van der Waals surface area contributed by atoms with Gasteiger partial charge in [-0.1, -0.05) is 0 Å². The van der Waals surface area contributed by atoms with Crippen molar-refractivity contribution in [3.05, 3.63) is 18.2 Å². The number of imidazole rings is 1. The summed E-state index contributed by atoms with van der Waals surface area (Å²) in [7, 11) is 0. The van der Waals surface area contributed by atoms with Crippen molar-refractivity contribution in [3.8, 4) is 12.3 Å². The standard InChI is InChI=1S/C15H19N3O/c1-2-12-4-3-7-17(9-12)15(19)13-5-6-14-8-16-11-18(14)10-13/h1,8,11-13H,3-7,9-10H2. The molecular weight excluding hydrogens is 238 g/mol. The Morgan fingerprint density at radius 1 is 1.42 bits per heavy atom. The molecule has 1 fully saturated rings. The summed E-state index contributed by atoms with van der Waals surface area (Å²) in [5.74, 6) is 3.41. The molecule has 2 atom stereocenters. The van der Waals surface area contributed by atoms with Crippen LogP contribution in [0.15, 0.2) is 12.5 Å². The van der Waals surface area contributed by atoms with Crippen molar-refractivity contribution in [2.45, 2.75) is 32.2 Å². The summed E-state index contributed by atoms with van der Waals surface area (Å²) in [5.41, 5.74) is 1.24. The predicted octanol–water partition coefficient (Wildman–Crippen LogP) is 1.32. The maximum absolute atomic E-state index is 12.6. The quantitative estimate of drug-likeness (QED) is 0.712. The lowest BCUT2D eigenvalue weighted by molar-refractivity contribution is -0.138. The third kappa shape index (κ3) is 2.37. The number of fused-ring (bicyclic) bond motifs is 1. The van der Waals surface area contributed by atoms with Crippen molar-refractivity contribution >= 4 is 5.91 Å². The van der Waals surface area contributed by atoms with Crippen LogP contribution in [-0.2, 0) is 17.8 Å². The maximum atomic E-state index is 12.6. The van der Waals surface area contributed by atoms with Gasteiger partial charge in [-0.3, -0.25) is 4.79 Å². The number of hydrogen-bond donors (Lipinski definition) is 0. The number of piperidine rings is 1. The molecule has 0 spiro atoms. The van der Waals surface area contributed by atoms with E-state index in [0.717, 1.165) is 45.3 Å². The van der Waals surface area contributed by atoms with Crippen LogP contribution in [0.25, 0.3) is 0 Å². The van der Waals surface area contributed by atoms with Crippen LogP contribution in [0.5, 0.6) is 0 Å². The number of amides is 1. The molecule has 0 N–H and O–H groups in total. The second kappa shape index (κ2) is 5.08. The highest BCUT2D eigenvalue weighted by Gasteiger charge is 2.30. The first kappa shape index (κ1) is 12.3. The van der Waals surface area contributed by atoms with Crippen molar-refractivity contribution < 1.29 is 4.79 Å². The number of carbonyl (C=O) groups is 1. The summed E-state index contributed by atoms with van der Waals surface area (Å²) in [6.45, 7) is 2.37. The van der Waals surface area contributed by atoms with E-state index < -0.39 is 0 Å². The number of likely N-dealkylation sites (tertiary alicyclic amines) is 1. The smallest absolute Gasteiger partial charge is 0.227 e. The van der Waals surface area contributed by atoms with Crippen molar-refractivity contribution in [2.75, 3.05) is 13.1 Å². The molecule has 1 saturated heterocycles. The lowest BCUT2D eigenvalue weighted by Gasteiger charge is -2.34. The van der Waals surface area contributed by atoms with Crippen LogP contribution in [0.2, 0.25) is 0 Å². The van der Waals surface area contributed by atoms with Gasteiger partial charge in [0.25, 0.3) is 0 Å². The fraction of sp³-hybridized carbons (Fsp3) is 0.600. The van der Waals surface area contributed by atoms with Crippen LogP contribution < -0.4 is 0 Å². The van der Waals surface area contributed by atoms with E-state index in [2.05, 4.69) is 15.5 Å². The molecule has 19 heavy (non-hydrogen) atoms. The van der Waals surface area contributed by atoms with Crippen LogP contribution in [0, 0.1) is 24.2 Å². The molecule has 1 amide bonds. The molecule has 3 rings (SSSR count). The zero-order valence-electron chi connectivity index (χ0n) is 11.1. The van der Waals surface area contributed by atoms with E-state index in [1.54, 1.807) is 0 Å². The highest BCUT2D eigenvalue weighted by molar-refractivity contribution is 5.79. The third-order valence-corrected chi connectivity index (χ3v) is 4.28. The van der Waals surface area contributed by atoms with Gasteiger partial charge in [0.2, 0.25) is 5.91 Å². The minimum absolute atomic E-state index is 0.0956. The van der Waals surface area contributed by atoms with E-state index >= 15 is 0 Å². The van der Waals surface area contributed by atoms with Crippen LogP contribution in [0.4, 0.5) is 0 Å². The van der Waals surface area contributed by atoms with Crippen LogP contribution in [0.1, 0.15) is 25.0 Å². The summed E-state index contributed by atoms with van der Waals surface area (Å²) < 4.78 is 2.11. The Morgan fingerprint density at radius 2 is 2.32 bits per heavy atom. The molecule has 0 aliphatic carbocycles. The van der Waals surface area contributed by atoms with E-state index in [1.165, 1.54) is 5.69 Å². The summed E-state index contributed by atoms with van der Waals surface area (Å²) in [4.78, 5) is 18.7. The molecule has 2 aliphatic rings. The number of aromatic nitrogens is 2. The number of terminal acetylenes is 1. The largest absolute Gasteiger partial charge is 0.341 e. The van der Waals surface area contributed by atoms with E-state index in [4.69, 9.17) is 6.42 Å². The van der Waals surface area contributed by atoms with Crippen LogP contribution in [0.3, 0.4) is 0 Å². The highest BCUT2D eigenvalue weighted by atomic mass is 16.2. The van der Waals surface area contributed by atoms with Gasteiger partial charge in [0.05, 0.1) is 12.2 Å². The topological polar surface area (TPSA) is 38.1 Å². The molecule has 0 aromatic carbocycles. The average Bonchev–Trinajstić information content (AvgIpc) is 2.94. The van der Waals surface area contributed by atoms with E-state index in [0.29, 0.717) is 0 Å². The molecule has 0 bridgehead atoms. The van der Waals surface area contributed by atoms with Gasteiger partial charge < -0.3 is 9.47 Å². The molecule has 0 saturated carbocycles. The summed E-state index contributed by atoms with van der Waals surface area (Å²) in [6, 6.07) is 0. The number of hydrogen-bond acceptors (Lipinski definition) is 2. The van der Waals surface area contributed by atoms with Crippen molar-refractivity contribution in [2.24, 2.45) is 11.8 Å². The van der Waals surface area contributed by atoms with E-state index in [1.807, 2.05) is 17.4 Å².